The van der Waals surface area contributed by atoms with E-state index in [0.29, 0.717) is 6.54 Å². The monoisotopic (exact) mass is 313 g/mol. The van der Waals surface area contributed by atoms with E-state index in [1.165, 1.54) is 19.3 Å². The highest BCUT2D eigenvalue weighted by Crippen LogP contribution is 2.16. The molecule has 0 N–H and O–H groups in total. The first-order valence-corrected chi connectivity index (χ1v) is 7.81. The third kappa shape index (κ3) is 3.57. The van der Waals surface area contributed by atoms with Gasteiger partial charge in [0.25, 0.3) is 5.56 Å². The van der Waals surface area contributed by atoms with Gasteiger partial charge in [-0.2, -0.15) is 5.10 Å². The Morgan fingerprint density at radius 3 is 2.67 bits per heavy atom. The molecule has 1 saturated heterocycles. The zero-order valence-electron chi connectivity index (χ0n) is 10.6. The number of aryl methyl sites for hydroxylation is 1. The summed E-state index contributed by atoms with van der Waals surface area (Å²) in [7, 11) is 0. The lowest BCUT2D eigenvalue weighted by Crippen LogP contribution is -2.32. The normalized spacial score (nSPS) is 15.9. The molecule has 2 heterocycles. The van der Waals surface area contributed by atoms with Crippen LogP contribution in [0.4, 0.5) is 5.69 Å². The fourth-order valence-electron chi connectivity index (χ4n) is 2.27. The minimum Gasteiger partial charge on any atom is -0.370 e. The molecule has 0 aliphatic carbocycles. The largest absolute Gasteiger partial charge is 0.370 e. The molecule has 2 rings (SSSR count). The Morgan fingerprint density at radius 2 is 2.00 bits per heavy atom. The van der Waals surface area contributed by atoms with Gasteiger partial charge in [0.05, 0.1) is 11.9 Å². The number of halogens is 1. The number of nitrogens with zero attached hydrogens (tertiary/aromatic N) is 3. The molecule has 5 heteroatoms. The van der Waals surface area contributed by atoms with Crippen molar-refractivity contribution in [2.45, 2.75) is 38.6 Å². The third-order valence-electron chi connectivity index (χ3n) is 3.33. The van der Waals surface area contributed by atoms with Gasteiger partial charge >= 0.3 is 0 Å². The van der Waals surface area contributed by atoms with Crippen LogP contribution in [0.3, 0.4) is 0 Å². The molecular weight excluding hydrogens is 294 g/mol. The Hall–Kier alpha value is -0.840. The van der Waals surface area contributed by atoms with Crippen molar-refractivity contribution in [3.8, 4) is 0 Å². The second kappa shape index (κ2) is 6.92. The van der Waals surface area contributed by atoms with Gasteiger partial charge in [-0.25, -0.2) is 4.68 Å². The molecular formula is C13H20BrN3O. The minimum absolute atomic E-state index is 0.0210. The van der Waals surface area contributed by atoms with Gasteiger partial charge in [-0.3, -0.25) is 4.79 Å². The molecule has 0 aromatic carbocycles. The van der Waals surface area contributed by atoms with Crippen LogP contribution in [0.15, 0.2) is 17.1 Å². The molecule has 0 unspecified atom stereocenters. The highest BCUT2D eigenvalue weighted by atomic mass is 79.9. The Labute approximate surface area is 116 Å². The molecule has 1 aliphatic rings. The molecule has 1 fully saturated rings. The van der Waals surface area contributed by atoms with Crippen molar-refractivity contribution in [3.63, 3.8) is 0 Å². The average molecular weight is 314 g/mol. The zero-order valence-corrected chi connectivity index (χ0v) is 12.2. The van der Waals surface area contributed by atoms with Gasteiger partial charge in [-0.1, -0.05) is 15.9 Å². The summed E-state index contributed by atoms with van der Waals surface area (Å²) in [6.45, 7) is 2.81. The van der Waals surface area contributed by atoms with Crippen LogP contribution in [0, 0.1) is 0 Å². The van der Waals surface area contributed by atoms with Crippen molar-refractivity contribution in [2.24, 2.45) is 0 Å². The molecule has 4 nitrogen and oxygen atoms in total. The molecule has 1 aromatic rings. The Bertz CT molecular complexity index is 426. The molecule has 0 amide bonds. The quantitative estimate of drug-likeness (QED) is 0.619. The summed E-state index contributed by atoms with van der Waals surface area (Å²) < 4.78 is 1.57. The predicted molar refractivity (Wildman–Crippen MR) is 77.6 cm³/mol. The second-order valence-electron chi connectivity index (χ2n) is 4.72. The maximum atomic E-state index is 11.9. The molecule has 1 aliphatic heterocycles. The van der Waals surface area contributed by atoms with E-state index >= 15 is 0 Å². The Morgan fingerprint density at radius 1 is 1.22 bits per heavy atom. The lowest BCUT2D eigenvalue weighted by atomic mass is 10.1. The van der Waals surface area contributed by atoms with E-state index in [1.807, 2.05) is 6.20 Å². The van der Waals surface area contributed by atoms with Crippen LogP contribution in [-0.2, 0) is 6.54 Å². The second-order valence-corrected chi connectivity index (χ2v) is 5.51. The van der Waals surface area contributed by atoms with Gasteiger partial charge in [0.15, 0.2) is 0 Å². The number of anilines is 1. The average Bonchev–Trinajstić information content (AvgIpc) is 2.42. The van der Waals surface area contributed by atoms with Crippen molar-refractivity contribution in [3.05, 3.63) is 22.6 Å². The molecule has 100 valence electrons. The number of aromatic nitrogens is 2. The highest BCUT2D eigenvalue weighted by Gasteiger charge is 2.12. The molecule has 1 aromatic heterocycles. The van der Waals surface area contributed by atoms with Crippen molar-refractivity contribution >= 4 is 21.6 Å². The van der Waals surface area contributed by atoms with Gasteiger partial charge in [0.2, 0.25) is 0 Å². The lowest BCUT2D eigenvalue weighted by molar-refractivity contribution is 0.538. The fraction of sp³-hybridized carbons (Fsp3) is 0.692. The number of hydrogen-bond acceptors (Lipinski definition) is 3. The maximum absolute atomic E-state index is 11.9. The zero-order chi connectivity index (χ0) is 12.8. The van der Waals surface area contributed by atoms with Crippen molar-refractivity contribution in [2.75, 3.05) is 23.3 Å². The van der Waals surface area contributed by atoms with Crippen LogP contribution in [-0.4, -0.2) is 28.2 Å². The predicted octanol–water partition coefficient (Wildman–Crippen LogP) is 2.41. The minimum atomic E-state index is 0.0210. The standard InChI is InChI=1S/C13H20BrN3O/c14-6-2-5-9-17-13(18)10-12(11-15-17)16-7-3-1-4-8-16/h10-11H,1-9H2. The summed E-state index contributed by atoms with van der Waals surface area (Å²) in [5.41, 5.74) is 1.00. The summed E-state index contributed by atoms with van der Waals surface area (Å²) in [5.74, 6) is 0. The number of alkyl halides is 1. The number of hydrogen-bond donors (Lipinski definition) is 0. The summed E-state index contributed by atoms with van der Waals surface area (Å²) in [6, 6.07) is 1.73. The van der Waals surface area contributed by atoms with Crippen molar-refractivity contribution in [1.29, 1.82) is 0 Å². The van der Waals surface area contributed by atoms with Gasteiger partial charge in [0, 0.05) is 31.0 Å². The fourth-order valence-corrected chi connectivity index (χ4v) is 2.67. The molecule has 0 radical (unpaired) electrons. The van der Waals surface area contributed by atoms with E-state index in [9.17, 15) is 4.79 Å². The highest BCUT2D eigenvalue weighted by molar-refractivity contribution is 9.09. The van der Waals surface area contributed by atoms with E-state index < -0.39 is 0 Å². The van der Waals surface area contributed by atoms with Crippen LogP contribution in [0.5, 0.6) is 0 Å². The Kier molecular flexibility index (Phi) is 5.23. The lowest BCUT2D eigenvalue weighted by Gasteiger charge is -2.28. The summed E-state index contributed by atoms with van der Waals surface area (Å²) in [4.78, 5) is 14.2. The smallest absolute Gasteiger partial charge is 0.268 e. The summed E-state index contributed by atoms with van der Waals surface area (Å²) >= 11 is 3.39. The topological polar surface area (TPSA) is 38.1 Å². The van der Waals surface area contributed by atoms with Crippen LogP contribution < -0.4 is 10.5 Å². The molecule has 0 spiro atoms. The Balaban J connectivity index is 2.02. The van der Waals surface area contributed by atoms with Crippen LogP contribution in [0.1, 0.15) is 32.1 Å². The van der Waals surface area contributed by atoms with Crippen molar-refractivity contribution in [1.82, 2.24) is 9.78 Å². The van der Waals surface area contributed by atoms with Gasteiger partial charge in [-0.05, 0) is 32.1 Å². The first kappa shape index (κ1) is 13.6. The summed E-state index contributed by atoms with van der Waals surface area (Å²) in [5, 5.41) is 5.25. The van der Waals surface area contributed by atoms with E-state index in [1.54, 1.807) is 10.7 Å². The van der Waals surface area contributed by atoms with Gasteiger partial charge in [0.1, 0.15) is 0 Å². The van der Waals surface area contributed by atoms with Crippen LogP contribution in [0.25, 0.3) is 0 Å². The molecule has 0 bridgehead atoms. The molecule has 0 atom stereocenters. The van der Waals surface area contributed by atoms with E-state index in [0.717, 1.165) is 36.9 Å². The number of piperidine rings is 1. The van der Waals surface area contributed by atoms with E-state index in [4.69, 9.17) is 0 Å². The van der Waals surface area contributed by atoms with Gasteiger partial charge in [-0.15, -0.1) is 0 Å². The first-order chi connectivity index (χ1) is 8.81. The van der Waals surface area contributed by atoms with Crippen molar-refractivity contribution < 1.29 is 0 Å². The maximum Gasteiger partial charge on any atom is 0.268 e. The number of rotatable bonds is 5. The molecule has 18 heavy (non-hydrogen) atoms. The third-order valence-corrected chi connectivity index (χ3v) is 3.89. The van der Waals surface area contributed by atoms with E-state index in [2.05, 4.69) is 25.9 Å². The van der Waals surface area contributed by atoms with Crippen LogP contribution in [0.2, 0.25) is 0 Å². The van der Waals surface area contributed by atoms with Crippen LogP contribution >= 0.6 is 15.9 Å². The first-order valence-electron chi connectivity index (χ1n) is 6.69. The molecule has 0 saturated carbocycles. The van der Waals surface area contributed by atoms with E-state index in [-0.39, 0.29) is 5.56 Å². The van der Waals surface area contributed by atoms with Gasteiger partial charge < -0.3 is 4.90 Å². The SMILES string of the molecule is O=c1cc(N2CCCCC2)cnn1CCCCBr. The number of unbranched alkanes of at least 4 members (excludes halogenated alkanes) is 1. The summed E-state index contributed by atoms with van der Waals surface area (Å²) in [6.07, 6.45) is 7.63.